The number of nitrogens with one attached hydrogen (secondary N) is 2. The second-order valence-corrected chi connectivity index (χ2v) is 7.93. The van der Waals surface area contributed by atoms with Crippen molar-refractivity contribution in [2.45, 2.75) is 45.8 Å². The van der Waals surface area contributed by atoms with E-state index in [1.54, 1.807) is 6.92 Å². The Labute approximate surface area is 114 Å². The highest BCUT2D eigenvalue weighted by atomic mass is 32.2. The monoisotopic (exact) mass is 290 g/mol. The molecule has 1 unspecified atom stereocenters. The van der Waals surface area contributed by atoms with Gasteiger partial charge in [0.2, 0.25) is 5.89 Å². The summed E-state index contributed by atoms with van der Waals surface area (Å²) in [4.78, 5) is 0. The van der Waals surface area contributed by atoms with Crippen LogP contribution in [0.1, 0.15) is 33.6 Å². The number of sulfone groups is 1. The topological polar surface area (TPSA) is 97.1 Å². The predicted octanol–water partition coefficient (Wildman–Crippen LogP) is 0.803. The van der Waals surface area contributed by atoms with Crippen LogP contribution in [0.3, 0.4) is 0 Å². The molecule has 1 heterocycles. The zero-order valence-corrected chi connectivity index (χ0v) is 12.8. The Bertz CT molecular complexity index is 504. The first kappa shape index (κ1) is 15.9. The Morgan fingerprint density at radius 3 is 2.47 bits per heavy atom. The molecule has 0 fully saturated rings. The molecular weight excluding hydrogens is 268 g/mol. The van der Waals surface area contributed by atoms with E-state index in [0.717, 1.165) is 0 Å². The van der Waals surface area contributed by atoms with Gasteiger partial charge in [-0.25, -0.2) is 8.42 Å². The largest absolute Gasteiger partial charge is 0.407 e. The summed E-state index contributed by atoms with van der Waals surface area (Å²) in [6.07, 6.45) is 1.19. The van der Waals surface area contributed by atoms with E-state index in [0.29, 0.717) is 12.4 Å². The molecule has 0 amide bonds. The Hall–Kier alpha value is -1.15. The molecule has 0 saturated heterocycles. The first-order valence-electron chi connectivity index (χ1n) is 6.07. The molecule has 1 atom stereocenters. The second kappa shape index (κ2) is 5.87. The maximum absolute atomic E-state index is 11.1. The average molecular weight is 290 g/mol. The highest BCUT2D eigenvalue weighted by Gasteiger charge is 2.15. The number of nitrogens with zero attached hydrogens (tertiary/aromatic N) is 2. The van der Waals surface area contributed by atoms with Crippen molar-refractivity contribution < 1.29 is 12.8 Å². The van der Waals surface area contributed by atoms with Crippen LogP contribution in [0.25, 0.3) is 0 Å². The molecule has 0 aliphatic heterocycles. The fraction of sp³-hybridized carbons (Fsp3) is 0.818. The third-order valence-corrected chi connectivity index (χ3v) is 3.26. The quantitative estimate of drug-likeness (QED) is 0.799. The summed E-state index contributed by atoms with van der Waals surface area (Å²) in [5.74, 6) is 0.481. The van der Waals surface area contributed by atoms with Gasteiger partial charge in [-0.1, -0.05) is 5.10 Å². The lowest BCUT2D eigenvalue weighted by molar-refractivity contribution is 0.383. The van der Waals surface area contributed by atoms with Crippen LogP contribution in [0.15, 0.2) is 4.42 Å². The first-order valence-corrected chi connectivity index (χ1v) is 8.13. The Morgan fingerprint density at radius 2 is 1.95 bits per heavy atom. The molecule has 19 heavy (non-hydrogen) atoms. The van der Waals surface area contributed by atoms with Crippen molar-refractivity contribution >= 4 is 15.9 Å². The lowest BCUT2D eigenvalue weighted by atomic mass is 10.1. The Balaban J connectivity index is 2.51. The average Bonchev–Trinajstić information content (AvgIpc) is 2.58. The number of hydrogen-bond donors (Lipinski definition) is 2. The van der Waals surface area contributed by atoms with Gasteiger partial charge in [-0.15, -0.1) is 5.10 Å². The van der Waals surface area contributed by atoms with Crippen molar-refractivity contribution in [2.75, 3.05) is 17.3 Å². The molecule has 0 aromatic carbocycles. The summed E-state index contributed by atoms with van der Waals surface area (Å²) in [5, 5.41) is 13.8. The highest BCUT2D eigenvalue weighted by Crippen LogP contribution is 2.09. The van der Waals surface area contributed by atoms with Crippen LogP contribution < -0.4 is 10.6 Å². The fourth-order valence-corrected chi connectivity index (χ4v) is 2.42. The van der Waals surface area contributed by atoms with E-state index < -0.39 is 9.84 Å². The minimum absolute atomic E-state index is 0.0188. The van der Waals surface area contributed by atoms with Crippen LogP contribution in [0, 0.1) is 0 Å². The van der Waals surface area contributed by atoms with Gasteiger partial charge in [-0.05, 0) is 27.7 Å². The molecule has 8 heteroatoms. The van der Waals surface area contributed by atoms with Crippen LogP contribution in [0.2, 0.25) is 0 Å². The van der Waals surface area contributed by atoms with Crippen LogP contribution in [0.4, 0.5) is 6.01 Å². The maximum atomic E-state index is 11.1. The summed E-state index contributed by atoms with van der Waals surface area (Å²) >= 11 is 0. The summed E-state index contributed by atoms with van der Waals surface area (Å²) in [6, 6.07) is -0.0410. The van der Waals surface area contributed by atoms with Crippen molar-refractivity contribution in [3.05, 3.63) is 5.89 Å². The lowest BCUT2D eigenvalue weighted by Crippen LogP contribution is -2.35. The van der Waals surface area contributed by atoms with Gasteiger partial charge in [0.1, 0.15) is 9.84 Å². The van der Waals surface area contributed by atoms with Crippen molar-refractivity contribution in [3.63, 3.8) is 0 Å². The van der Waals surface area contributed by atoms with Crippen LogP contribution in [-0.2, 0) is 16.4 Å². The molecule has 110 valence electrons. The van der Waals surface area contributed by atoms with E-state index in [1.165, 1.54) is 6.26 Å². The summed E-state index contributed by atoms with van der Waals surface area (Å²) in [6.45, 7) is 8.33. The van der Waals surface area contributed by atoms with Gasteiger partial charge in [-0.3, -0.25) is 0 Å². The molecule has 2 N–H and O–H groups in total. The summed E-state index contributed by atoms with van der Waals surface area (Å²) < 4.78 is 27.6. The van der Waals surface area contributed by atoms with Crippen LogP contribution in [-0.4, -0.2) is 42.2 Å². The molecule has 1 aromatic heterocycles. The van der Waals surface area contributed by atoms with Crippen molar-refractivity contribution in [1.29, 1.82) is 0 Å². The molecule has 1 rings (SSSR count). The minimum atomic E-state index is -3.03. The van der Waals surface area contributed by atoms with Crippen LogP contribution in [0.5, 0.6) is 0 Å². The van der Waals surface area contributed by atoms with Crippen molar-refractivity contribution in [3.8, 4) is 0 Å². The third-order valence-electron chi connectivity index (χ3n) is 2.16. The number of rotatable bonds is 6. The zero-order valence-electron chi connectivity index (χ0n) is 12.0. The molecule has 0 spiro atoms. The van der Waals surface area contributed by atoms with Crippen molar-refractivity contribution in [1.82, 2.24) is 15.5 Å². The van der Waals surface area contributed by atoms with E-state index >= 15 is 0 Å². The lowest BCUT2D eigenvalue weighted by Gasteiger charge is -2.18. The highest BCUT2D eigenvalue weighted by molar-refractivity contribution is 7.90. The molecular formula is C11H22N4O3S. The summed E-state index contributed by atoms with van der Waals surface area (Å²) in [7, 11) is -3.03. The fourth-order valence-electron chi connectivity index (χ4n) is 1.43. The van der Waals surface area contributed by atoms with E-state index in [2.05, 4.69) is 20.8 Å². The summed E-state index contributed by atoms with van der Waals surface area (Å²) in [5.41, 5.74) is -0.0361. The molecule has 0 aliphatic rings. The minimum Gasteiger partial charge on any atom is -0.407 e. The van der Waals surface area contributed by atoms with E-state index in [1.807, 2.05) is 20.8 Å². The van der Waals surface area contributed by atoms with E-state index in [9.17, 15) is 8.42 Å². The predicted molar refractivity (Wildman–Crippen MR) is 73.7 cm³/mol. The van der Waals surface area contributed by atoms with Gasteiger partial charge < -0.3 is 15.1 Å². The first-order chi connectivity index (χ1) is 8.55. The SMILES string of the molecule is CC(CS(C)(=O)=O)Nc1nnc(CNC(C)(C)C)o1. The van der Waals surface area contributed by atoms with Gasteiger partial charge in [0, 0.05) is 17.8 Å². The second-order valence-electron chi connectivity index (χ2n) is 5.74. The van der Waals surface area contributed by atoms with E-state index in [-0.39, 0.29) is 23.3 Å². The Kier molecular flexibility index (Phi) is 4.92. The van der Waals surface area contributed by atoms with Crippen molar-refractivity contribution in [2.24, 2.45) is 0 Å². The molecule has 0 saturated carbocycles. The van der Waals surface area contributed by atoms with Gasteiger partial charge in [0.15, 0.2) is 0 Å². The standard InChI is InChI=1S/C11H22N4O3S/c1-8(7-19(5,16)17)13-10-15-14-9(18-10)6-12-11(2,3)4/h8,12H,6-7H2,1-5H3,(H,13,15). The molecule has 0 radical (unpaired) electrons. The molecule has 7 nitrogen and oxygen atoms in total. The number of hydrogen-bond acceptors (Lipinski definition) is 7. The van der Waals surface area contributed by atoms with Crippen LogP contribution >= 0.6 is 0 Å². The van der Waals surface area contributed by atoms with Gasteiger partial charge in [-0.2, -0.15) is 0 Å². The van der Waals surface area contributed by atoms with Gasteiger partial charge >= 0.3 is 6.01 Å². The molecule has 1 aromatic rings. The third kappa shape index (κ3) is 7.12. The molecule has 0 bridgehead atoms. The number of aromatic nitrogens is 2. The van der Waals surface area contributed by atoms with E-state index in [4.69, 9.17) is 4.42 Å². The normalized spacial score (nSPS) is 14.4. The maximum Gasteiger partial charge on any atom is 0.315 e. The molecule has 0 aliphatic carbocycles. The zero-order chi connectivity index (χ0) is 14.7. The number of anilines is 1. The van der Waals surface area contributed by atoms with Gasteiger partial charge in [0.05, 0.1) is 12.3 Å². The van der Waals surface area contributed by atoms with Gasteiger partial charge in [0.25, 0.3) is 0 Å². The Morgan fingerprint density at radius 1 is 1.32 bits per heavy atom. The smallest absolute Gasteiger partial charge is 0.315 e.